The Balaban J connectivity index is 2.21. The third kappa shape index (κ3) is 5.46. The van der Waals surface area contributed by atoms with E-state index in [0.717, 1.165) is 24.0 Å². The first-order chi connectivity index (χ1) is 11.8. The van der Waals surface area contributed by atoms with E-state index in [1.54, 1.807) is 18.9 Å². The van der Waals surface area contributed by atoms with E-state index in [9.17, 15) is 0 Å². The van der Waals surface area contributed by atoms with Crippen LogP contribution in [0.5, 0.6) is 5.75 Å². The average molecular weight is 340 g/mol. The fraction of sp³-hybridized carbons (Fsp3) is 0.250. The van der Waals surface area contributed by atoms with Gasteiger partial charge in [-0.1, -0.05) is 60.3 Å². The topological polar surface area (TPSA) is 24.8 Å². The second kappa shape index (κ2) is 9.83. The first kappa shape index (κ1) is 18.1. The Labute approximate surface area is 149 Å². The predicted octanol–water partition coefficient (Wildman–Crippen LogP) is 4.60. The van der Waals surface area contributed by atoms with Gasteiger partial charge in [0.25, 0.3) is 0 Å². The lowest BCUT2D eigenvalue weighted by Crippen LogP contribution is -2.28. The molecule has 0 bridgehead atoms. The van der Waals surface area contributed by atoms with Crippen LogP contribution >= 0.6 is 11.8 Å². The van der Waals surface area contributed by atoms with Crippen molar-refractivity contribution in [2.75, 3.05) is 19.9 Å². The molecule has 0 saturated carbocycles. The standard InChI is InChI=1S/C20H24N2OS/c1-4-14-21-20(24-3)22(15-17-8-6-5-7-9-17)16-18-10-12-19(23-2)13-11-18/h4-13H,1,14-16H2,2-3H3. The molecule has 0 N–H and O–H groups in total. The third-order valence-corrected chi connectivity index (χ3v) is 4.31. The Kier molecular flexibility index (Phi) is 7.43. The largest absolute Gasteiger partial charge is 0.497 e. The number of rotatable bonds is 7. The molecule has 2 rings (SSSR count). The maximum atomic E-state index is 5.24. The van der Waals surface area contributed by atoms with E-state index in [0.29, 0.717) is 6.54 Å². The summed E-state index contributed by atoms with van der Waals surface area (Å²) in [4.78, 5) is 6.95. The van der Waals surface area contributed by atoms with Crippen molar-refractivity contribution in [1.82, 2.24) is 4.90 Å². The normalized spacial score (nSPS) is 11.2. The minimum Gasteiger partial charge on any atom is -0.497 e. The van der Waals surface area contributed by atoms with Gasteiger partial charge in [0.15, 0.2) is 5.17 Å². The van der Waals surface area contributed by atoms with Crippen molar-refractivity contribution in [2.24, 2.45) is 4.99 Å². The summed E-state index contributed by atoms with van der Waals surface area (Å²) in [6.45, 7) is 6.02. The molecule has 0 aliphatic heterocycles. The molecule has 3 nitrogen and oxygen atoms in total. The molecular formula is C20H24N2OS. The summed E-state index contributed by atoms with van der Waals surface area (Å²) in [6.07, 6.45) is 3.89. The lowest BCUT2D eigenvalue weighted by atomic mass is 10.1. The SMILES string of the molecule is C=CCN=C(SC)N(Cc1ccccc1)Cc1ccc(OC)cc1. The summed E-state index contributed by atoms with van der Waals surface area (Å²) in [5, 5.41) is 1.02. The smallest absolute Gasteiger partial charge is 0.159 e. The first-order valence-corrected chi connectivity index (χ1v) is 9.10. The Morgan fingerprint density at radius 1 is 1.08 bits per heavy atom. The fourth-order valence-corrected chi connectivity index (χ4v) is 2.97. The van der Waals surface area contributed by atoms with Gasteiger partial charge >= 0.3 is 0 Å². The summed E-state index contributed by atoms with van der Waals surface area (Å²) < 4.78 is 5.24. The van der Waals surface area contributed by atoms with Gasteiger partial charge in [0.05, 0.1) is 13.7 Å². The van der Waals surface area contributed by atoms with Crippen LogP contribution in [-0.4, -0.2) is 30.0 Å². The van der Waals surface area contributed by atoms with Crippen molar-refractivity contribution in [3.05, 3.63) is 78.4 Å². The second-order valence-corrected chi connectivity index (χ2v) is 6.08. The van der Waals surface area contributed by atoms with Crippen LogP contribution in [0.25, 0.3) is 0 Å². The van der Waals surface area contributed by atoms with E-state index in [1.165, 1.54) is 11.1 Å². The Bertz CT molecular complexity index is 653. The van der Waals surface area contributed by atoms with Gasteiger partial charge in [-0.25, -0.2) is 0 Å². The molecule has 0 spiro atoms. The van der Waals surface area contributed by atoms with Crippen molar-refractivity contribution in [2.45, 2.75) is 13.1 Å². The number of hydrogen-bond acceptors (Lipinski definition) is 3. The van der Waals surface area contributed by atoms with Crippen LogP contribution < -0.4 is 4.74 Å². The van der Waals surface area contributed by atoms with Gasteiger partial charge in [-0.15, -0.1) is 6.58 Å². The highest BCUT2D eigenvalue weighted by Gasteiger charge is 2.12. The number of amidine groups is 1. The van der Waals surface area contributed by atoms with Crippen molar-refractivity contribution in [3.63, 3.8) is 0 Å². The summed E-state index contributed by atoms with van der Waals surface area (Å²) in [5.41, 5.74) is 2.50. The van der Waals surface area contributed by atoms with E-state index in [4.69, 9.17) is 4.74 Å². The van der Waals surface area contributed by atoms with E-state index >= 15 is 0 Å². The molecule has 0 aliphatic rings. The summed E-state index contributed by atoms with van der Waals surface area (Å²) >= 11 is 1.67. The number of aliphatic imine (C=N–C) groups is 1. The third-order valence-electron chi connectivity index (χ3n) is 3.56. The van der Waals surface area contributed by atoms with Crippen LogP contribution in [0.4, 0.5) is 0 Å². The van der Waals surface area contributed by atoms with Crippen LogP contribution in [-0.2, 0) is 13.1 Å². The molecule has 0 fully saturated rings. The number of ether oxygens (including phenoxy) is 1. The highest BCUT2D eigenvalue weighted by Crippen LogP contribution is 2.18. The van der Waals surface area contributed by atoms with Crippen LogP contribution in [0.2, 0.25) is 0 Å². The number of benzene rings is 2. The number of thioether (sulfide) groups is 1. The molecule has 0 unspecified atom stereocenters. The van der Waals surface area contributed by atoms with Crippen molar-refractivity contribution in [1.29, 1.82) is 0 Å². The van der Waals surface area contributed by atoms with Gasteiger partial charge in [-0.2, -0.15) is 0 Å². The summed E-state index contributed by atoms with van der Waals surface area (Å²) in [6, 6.07) is 18.7. The van der Waals surface area contributed by atoms with Gasteiger partial charge in [0.1, 0.15) is 5.75 Å². The second-order valence-electron chi connectivity index (χ2n) is 5.31. The van der Waals surface area contributed by atoms with Gasteiger partial charge in [0.2, 0.25) is 0 Å². The zero-order valence-electron chi connectivity index (χ0n) is 14.3. The van der Waals surface area contributed by atoms with Crippen LogP contribution in [0.3, 0.4) is 0 Å². The van der Waals surface area contributed by atoms with Gasteiger partial charge in [-0.05, 0) is 29.5 Å². The fourth-order valence-electron chi connectivity index (χ4n) is 2.38. The van der Waals surface area contributed by atoms with Gasteiger partial charge in [-0.3, -0.25) is 4.99 Å². The van der Waals surface area contributed by atoms with Crippen molar-refractivity contribution < 1.29 is 4.74 Å². The van der Waals surface area contributed by atoms with E-state index in [-0.39, 0.29) is 0 Å². The van der Waals surface area contributed by atoms with Crippen LogP contribution in [0.15, 0.2) is 72.2 Å². The molecular weight excluding hydrogens is 316 g/mol. The summed E-state index contributed by atoms with van der Waals surface area (Å²) in [7, 11) is 1.69. The number of nitrogens with zero attached hydrogens (tertiary/aromatic N) is 2. The molecule has 0 aliphatic carbocycles. The maximum Gasteiger partial charge on any atom is 0.159 e. The molecule has 0 aromatic heterocycles. The minimum absolute atomic E-state index is 0.629. The van der Waals surface area contributed by atoms with E-state index in [1.807, 2.05) is 24.3 Å². The zero-order chi connectivity index (χ0) is 17.2. The Morgan fingerprint density at radius 3 is 2.25 bits per heavy atom. The number of methoxy groups -OCH3 is 1. The molecule has 0 atom stereocenters. The monoisotopic (exact) mass is 340 g/mol. The lowest BCUT2D eigenvalue weighted by Gasteiger charge is -2.25. The van der Waals surface area contributed by atoms with Crippen molar-refractivity contribution in [3.8, 4) is 5.75 Å². The minimum atomic E-state index is 0.629. The lowest BCUT2D eigenvalue weighted by molar-refractivity contribution is 0.407. The molecule has 0 amide bonds. The van der Waals surface area contributed by atoms with Gasteiger partial charge < -0.3 is 9.64 Å². The molecule has 126 valence electrons. The van der Waals surface area contributed by atoms with Crippen LogP contribution in [0, 0.1) is 0 Å². The molecule has 0 heterocycles. The molecule has 24 heavy (non-hydrogen) atoms. The Hall–Kier alpha value is -2.20. The molecule has 2 aromatic rings. The highest BCUT2D eigenvalue weighted by atomic mass is 32.2. The molecule has 0 saturated heterocycles. The molecule has 0 radical (unpaired) electrons. The van der Waals surface area contributed by atoms with Crippen molar-refractivity contribution >= 4 is 16.9 Å². The molecule has 4 heteroatoms. The van der Waals surface area contributed by atoms with Crippen LogP contribution in [0.1, 0.15) is 11.1 Å². The van der Waals surface area contributed by atoms with E-state index < -0.39 is 0 Å². The molecule has 2 aromatic carbocycles. The maximum absolute atomic E-state index is 5.24. The highest BCUT2D eigenvalue weighted by molar-refractivity contribution is 8.13. The zero-order valence-corrected chi connectivity index (χ0v) is 15.1. The quantitative estimate of drug-likeness (QED) is 0.418. The first-order valence-electron chi connectivity index (χ1n) is 7.88. The average Bonchev–Trinajstić information content (AvgIpc) is 2.63. The van der Waals surface area contributed by atoms with Gasteiger partial charge in [0, 0.05) is 13.1 Å². The summed E-state index contributed by atoms with van der Waals surface area (Å²) in [5.74, 6) is 0.874. The Morgan fingerprint density at radius 2 is 1.71 bits per heavy atom. The van der Waals surface area contributed by atoms with E-state index in [2.05, 4.69) is 59.1 Å². The number of hydrogen-bond donors (Lipinski definition) is 0. The predicted molar refractivity (Wildman–Crippen MR) is 105 cm³/mol.